The van der Waals surface area contributed by atoms with Gasteiger partial charge in [-0.25, -0.2) is 11.6 Å². The van der Waals surface area contributed by atoms with Crippen LogP contribution in [0.25, 0.3) is 4.85 Å². The van der Waals surface area contributed by atoms with Gasteiger partial charge in [0.2, 0.25) is 5.54 Å². The highest BCUT2D eigenvalue weighted by Gasteiger charge is 2.65. The number of aliphatic imine (C=N–C) groups is 1. The van der Waals surface area contributed by atoms with Crippen LogP contribution < -0.4 is 0 Å². The first-order chi connectivity index (χ1) is 11.9. The largest absolute Gasteiger partial charge is 0.310 e. The van der Waals surface area contributed by atoms with Crippen LogP contribution >= 0.6 is 12.2 Å². The van der Waals surface area contributed by atoms with Gasteiger partial charge in [-0.05, 0) is 93.2 Å². The smallest absolute Gasteiger partial charge is 0.235 e. The van der Waals surface area contributed by atoms with Gasteiger partial charge in [-0.1, -0.05) is 13.8 Å². The minimum atomic E-state index is -0.154. The molecule has 25 heavy (non-hydrogen) atoms. The van der Waals surface area contributed by atoms with E-state index in [0.29, 0.717) is 17.8 Å². The Labute approximate surface area is 158 Å². The van der Waals surface area contributed by atoms with Crippen LogP contribution in [-0.2, 0) is 0 Å². The molecule has 0 saturated heterocycles. The van der Waals surface area contributed by atoms with Crippen LogP contribution in [0.2, 0.25) is 0 Å². The normalized spacial score (nSPS) is 56.9. The zero-order valence-corrected chi connectivity index (χ0v) is 17.0. The van der Waals surface area contributed by atoms with E-state index in [-0.39, 0.29) is 11.1 Å². The number of rotatable bonds is 1. The third-order valence-corrected chi connectivity index (χ3v) is 9.43. The van der Waals surface area contributed by atoms with Crippen LogP contribution in [0.1, 0.15) is 66.2 Å². The van der Waals surface area contributed by atoms with Crippen molar-refractivity contribution >= 4 is 17.4 Å². The molecule has 4 aliphatic rings. The van der Waals surface area contributed by atoms with E-state index >= 15 is 0 Å². The zero-order valence-electron chi connectivity index (χ0n) is 16.2. The monoisotopic (exact) mass is 356 g/mol. The Morgan fingerprint density at radius 2 is 1.80 bits per heavy atom. The first kappa shape index (κ1) is 17.7. The summed E-state index contributed by atoms with van der Waals surface area (Å²) in [6.45, 7) is 17.4. The summed E-state index contributed by atoms with van der Waals surface area (Å²) in [5.41, 5.74) is -0.161. The molecule has 0 aromatic rings. The quantitative estimate of drug-likeness (QED) is 0.325. The van der Waals surface area contributed by atoms with Gasteiger partial charge in [-0.2, -0.15) is 0 Å². The van der Waals surface area contributed by atoms with Gasteiger partial charge in [-0.15, -0.1) is 0 Å². The maximum Gasteiger partial charge on any atom is 0.235 e. The number of hydrogen-bond acceptors (Lipinski definition) is 2. The predicted molar refractivity (Wildman–Crippen MR) is 105 cm³/mol. The number of isothiocyanates is 1. The van der Waals surface area contributed by atoms with Crippen LogP contribution in [0.15, 0.2) is 4.99 Å². The van der Waals surface area contributed by atoms with Crippen molar-refractivity contribution in [2.24, 2.45) is 52.3 Å². The Bertz CT molecular complexity index is 647. The summed E-state index contributed by atoms with van der Waals surface area (Å²) >= 11 is 5.02. The molecule has 5 unspecified atom stereocenters. The standard InChI is InChI=1S/C22H32N2S/c1-13-10-15-11-14(2)22(4,23-5)18-7-6-17-20(19(15)18)16(13)8-9-21(17,3)24-12-25/h13-20H,6-11H2,1-4H3/t13?,14?,15-,16?,17?,18-,19?,20+,21-,22+/m0/s1. The second-order valence-corrected chi connectivity index (χ2v) is 10.3. The Kier molecular flexibility index (Phi) is 4.17. The van der Waals surface area contributed by atoms with E-state index in [9.17, 15) is 0 Å². The summed E-state index contributed by atoms with van der Waals surface area (Å²) < 4.78 is 0. The van der Waals surface area contributed by atoms with E-state index in [1.807, 2.05) is 0 Å². The molecule has 0 aromatic carbocycles. The van der Waals surface area contributed by atoms with Crippen molar-refractivity contribution in [2.75, 3.05) is 0 Å². The van der Waals surface area contributed by atoms with Gasteiger partial charge >= 0.3 is 0 Å². The molecule has 10 atom stereocenters. The van der Waals surface area contributed by atoms with Gasteiger partial charge in [0.25, 0.3) is 0 Å². The highest BCUT2D eigenvalue weighted by molar-refractivity contribution is 7.78. The summed E-state index contributed by atoms with van der Waals surface area (Å²) in [7, 11) is 0. The molecule has 4 saturated carbocycles. The van der Waals surface area contributed by atoms with Crippen LogP contribution in [-0.4, -0.2) is 16.2 Å². The summed E-state index contributed by atoms with van der Waals surface area (Å²) in [5.74, 6) is 5.77. The summed E-state index contributed by atoms with van der Waals surface area (Å²) in [6.07, 6.45) is 7.56. The predicted octanol–water partition coefficient (Wildman–Crippen LogP) is 5.89. The highest BCUT2D eigenvalue weighted by Crippen LogP contribution is 2.66. The highest BCUT2D eigenvalue weighted by atomic mass is 32.1. The molecule has 4 rings (SSSR count). The Hall–Kier alpha value is -0.710. The fourth-order valence-electron chi connectivity index (χ4n) is 7.97. The molecule has 0 spiro atoms. The third kappa shape index (κ3) is 2.33. The lowest BCUT2D eigenvalue weighted by Gasteiger charge is -2.64. The van der Waals surface area contributed by atoms with Crippen molar-refractivity contribution < 1.29 is 0 Å². The summed E-state index contributed by atoms with van der Waals surface area (Å²) in [6, 6.07) is 0. The van der Waals surface area contributed by atoms with Crippen molar-refractivity contribution in [1.82, 2.24) is 0 Å². The van der Waals surface area contributed by atoms with Crippen LogP contribution in [0.4, 0.5) is 0 Å². The van der Waals surface area contributed by atoms with Gasteiger partial charge in [0.05, 0.1) is 10.7 Å². The Balaban J connectivity index is 1.79. The van der Waals surface area contributed by atoms with Gasteiger partial charge in [0.1, 0.15) is 0 Å². The minimum Gasteiger partial charge on any atom is -0.310 e. The minimum absolute atomic E-state index is 0.00688. The molecule has 2 nitrogen and oxygen atoms in total. The number of nitrogens with zero attached hydrogens (tertiary/aromatic N) is 2. The fourth-order valence-corrected chi connectivity index (χ4v) is 8.18. The molecule has 4 fully saturated rings. The fraction of sp³-hybridized carbons (Fsp3) is 0.909. The van der Waals surface area contributed by atoms with E-state index in [4.69, 9.17) is 23.8 Å². The SMILES string of the molecule is [C-]#[N+][C@]1(C)C(C)C[C@@H]2CC(C)C3CC[C@](C)(N=C=S)C4CC[C@H]1C2[C@H]34. The first-order valence-corrected chi connectivity index (χ1v) is 10.7. The van der Waals surface area contributed by atoms with Gasteiger partial charge in [0, 0.05) is 18.8 Å². The molecule has 136 valence electrons. The van der Waals surface area contributed by atoms with Crippen molar-refractivity contribution in [3.63, 3.8) is 0 Å². The molecule has 0 radical (unpaired) electrons. The van der Waals surface area contributed by atoms with E-state index in [2.05, 4.69) is 37.7 Å². The topological polar surface area (TPSA) is 16.7 Å². The molecule has 0 N–H and O–H groups in total. The molecule has 0 amide bonds. The lowest BCUT2D eigenvalue weighted by atomic mass is 9.40. The lowest BCUT2D eigenvalue weighted by molar-refractivity contribution is -0.143. The van der Waals surface area contributed by atoms with Gasteiger partial charge in [-0.3, -0.25) is 0 Å². The summed E-state index contributed by atoms with van der Waals surface area (Å²) in [4.78, 5) is 8.98. The molecule has 0 aliphatic heterocycles. The molecular formula is C22H32N2S. The Morgan fingerprint density at radius 3 is 2.48 bits per heavy atom. The Morgan fingerprint density at radius 1 is 1.08 bits per heavy atom. The van der Waals surface area contributed by atoms with Gasteiger partial charge < -0.3 is 4.85 Å². The second kappa shape index (κ2) is 5.90. The molecule has 0 aromatic heterocycles. The zero-order chi connectivity index (χ0) is 18.0. The van der Waals surface area contributed by atoms with Crippen molar-refractivity contribution in [3.8, 4) is 0 Å². The van der Waals surface area contributed by atoms with Gasteiger partial charge in [0.15, 0.2) is 0 Å². The van der Waals surface area contributed by atoms with Crippen LogP contribution in [0.3, 0.4) is 0 Å². The van der Waals surface area contributed by atoms with Crippen molar-refractivity contribution in [1.29, 1.82) is 0 Å². The second-order valence-electron chi connectivity index (χ2n) is 10.2. The molecule has 0 bridgehead atoms. The molecular weight excluding hydrogens is 324 g/mol. The molecule has 4 aliphatic carbocycles. The van der Waals surface area contributed by atoms with E-state index < -0.39 is 0 Å². The average Bonchev–Trinajstić information content (AvgIpc) is 2.58. The summed E-state index contributed by atoms with van der Waals surface area (Å²) in [5, 5.41) is 2.73. The molecule has 3 heteroatoms. The maximum absolute atomic E-state index is 7.98. The van der Waals surface area contributed by atoms with Crippen molar-refractivity contribution in [3.05, 3.63) is 11.4 Å². The first-order valence-electron chi connectivity index (χ1n) is 10.3. The lowest BCUT2D eigenvalue weighted by Crippen LogP contribution is -2.63. The average molecular weight is 357 g/mol. The molecule has 0 heterocycles. The van der Waals surface area contributed by atoms with Crippen molar-refractivity contribution in [2.45, 2.75) is 77.3 Å². The number of thiocarbonyl (C=S) groups is 1. The maximum atomic E-state index is 7.98. The third-order valence-electron chi connectivity index (χ3n) is 9.34. The van der Waals surface area contributed by atoms with E-state index in [1.54, 1.807) is 0 Å². The van der Waals surface area contributed by atoms with E-state index in [1.165, 1.54) is 38.5 Å². The van der Waals surface area contributed by atoms with E-state index in [0.717, 1.165) is 29.6 Å². The van der Waals surface area contributed by atoms with Crippen LogP contribution in [0, 0.1) is 53.9 Å². The number of hydrogen-bond donors (Lipinski definition) is 0. The van der Waals surface area contributed by atoms with Crippen LogP contribution in [0.5, 0.6) is 0 Å².